The smallest absolute Gasteiger partial charge is 0.225 e. The second-order valence-electron chi connectivity index (χ2n) is 11.5. The molecule has 0 spiro atoms. The average Bonchev–Trinajstić information content (AvgIpc) is 2.90. The molecule has 0 unspecified atom stereocenters. The van der Waals surface area contributed by atoms with Gasteiger partial charge < -0.3 is 14.7 Å². The zero-order valence-corrected chi connectivity index (χ0v) is 22.1. The highest BCUT2D eigenvalue weighted by Crippen LogP contribution is 2.61. The van der Waals surface area contributed by atoms with Crippen LogP contribution in [0.5, 0.6) is 5.75 Å². The Bertz CT molecular complexity index is 1200. The standard InChI is InChI=1S/C29H35N5O3/c1-28(2)25(29(3,4)26(28)37-23-6-5-20(15-30)21(13-23)16-31)14-24(36)22-17-32-27(33-18-22)34-10-7-19(8-11-34)9-12-35/h5-6,13,17-19,25-26,35H,7-12,14H2,1-4H3. The van der Waals surface area contributed by atoms with E-state index in [0.717, 1.165) is 32.4 Å². The predicted molar refractivity (Wildman–Crippen MR) is 139 cm³/mol. The number of carbonyl (C=O) groups excluding carboxylic acids is 1. The van der Waals surface area contributed by atoms with E-state index in [0.29, 0.717) is 40.7 Å². The molecule has 2 aliphatic rings. The molecule has 37 heavy (non-hydrogen) atoms. The number of aliphatic hydroxyl groups is 1. The number of hydrogen-bond donors (Lipinski definition) is 1. The molecule has 1 aromatic carbocycles. The summed E-state index contributed by atoms with van der Waals surface area (Å²) < 4.78 is 6.33. The van der Waals surface area contributed by atoms with E-state index in [1.807, 2.05) is 6.07 Å². The van der Waals surface area contributed by atoms with Gasteiger partial charge in [0.1, 0.15) is 24.0 Å². The summed E-state index contributed by atoms with van der Waals surface area (Å²) in [6.07, 6.45) is 6.35. The molecule has 1 aliphatic carbocycles. The molecule has 2 heterocycles. The lowest BCUT2D eigenvalue weighted by molar-refractivity contribution is -0.196. The van der Waals surface area contributed by atoms with Crippen LogP contribution in [0.15, 0.2) is 30.6 Å². The van der Waals surface area contributed by atoms with E-state index in [4.69, 9.17) is 9.84 Å². The highest BCUT2D eigenvalue weighted by Gasteiger charge is 2.63. The first-order chi connectivity index (χ1) is 17.6. The van der Waals surface area contributed by atoms with Crippen molar-refractivity contribution in [2.24, 2.45) is 22.7 Å². The van der Waals surface area contributed by atoms with Crippen LogP contribution in [0.4, 0.5) is 5.95 Å². The van der Waals surface area contributed by atoms with Crippen LogP contribution >= 0.6 is 0 Å². The second kappa shape index (κ2) is 10.5. The first kappa shape index (κ1) is 26.6. The summed E-state index contributed by atoms with van der Waals surface area (Å²) in [7, 11) is 0. The van der Waals surface area contributed by atoms with Crippen molar-refractivity contribution in [2.45, 2.75) is 59.5 Å². The molecular weight excluding hydrogens is 466 g/mol. The van der Waals surface area contributed by atoms with Crippen molar-refractivity contribution >= 4 is 11.7 Å². The molecule has 0 bridgehead atoms. The number of hydrogen-bond acceptors (Lipinski definition) is 8. The number of aliphatic hydroxyl groups excluding tert-OH is 1. The molecule has 0 atom stereocenters. The van der Waals surface area contributed by atoms with E-state index < -0.39 is 0 Å². The largest absolute Gasteiger partial charge is 0.489 e. The summed E-state index contributed by atoms with van der Waals surface area (Å²) in [6, 6.07) is 9.01. The number of piperidine rings is 1. The topological polar surface area (TPSA) is 123 Å². The zero-order chi connectivity index (χ0) is 26.8. The molecule has 8 heteroatoms. The maximum atomic E-state index is 13.2. The number of rotatable bonds is 8. The van der Waals surface area contributed by atoms with Crippen molar-refractivity contribution in [3.8, 4) is 17.9 Å². The van der Waals surface area contributed by atoms with Gasteiger partial charge in [-0.2, -0.15) is 10.5 Å². The third-order valence-electron chi connectivity index (χ3n) is 8.42. The van der Waals surface area contributed by atoms with Crippen LogP contribution in [0.3, 0.4) is 0 Å². The first-order valence-electron chi connectivity index (χ1n) is 12.9. The van der Waals surface area contributed by atoms with Gasteiger partial charge in [-0.3, -0.25) is 4.79 Å². The molecule has 0 radical (unpaired) electrons. The number of aromatic nitrogens is 2. The fourth-order valence-corrected chi connectivity index (χ4v) is 6.48. The molecule has 8 nitrogen and oxygen atoms in total. The summed E-state index contributed by atoms with van der Waals surface area (Å²) in [4.78, 5) is 24.3. The number of Topliss-reactive ketones (excluding diaryl/α,β-unsaturated/α-hetero) is 1. The van der Waals surface area contributed by atoms with E-state index in [-0.39, 0.29) is 35.2 Å². The Hall–Kier alpha value is -3.49. The Morgan fingerprint density at radius 1 is 1.08 bits per heavy atom. The molecule has 1 saturated carbocycles. The van der Waals surface area contributed by atoms with E-state index in [1.54, 1.807) is 30.6 Å². The third-order valence-corrected chi connectivity index (χ3v) is 8.42. The maximum absolute atomic E-state index is 13.2. The molecule has 4 rings (SSSR count). The van der Waals surface area contributed by atoms with Gasteiger partial charge in [-0.1, -0.05) is 27.7 Å². The Morgan fingerprint density at radius 2 is 1.70 bits per heavy atom. The minimum absolute atomic E-state index is 0.0166. The minimum atomic E-state index is -0.278. The van der Waals surface area contributed by atoms with Crippen molar-refractivity contribution in [1.82, 2.24) is 9.97 Å². The SMILES string of the molecule is CC1(C)C(CC(=O)c2cnc(N3CCC(CCO)CC3)nc2)C(C)(C)C1Oc1ccc(C#N)c(C#N)c1. The van der Waals surface area contributed by atoms with Crippen LogP contribution in [0.25, 0.3) is 0 Å². The Labute approximate surface area is 218 Å². The Balaban J connectivity index is 1.40. The summed E-state index contributed by atoms with van der Waals surface area (Å²) in [5, 5.41) is 27.7. The molecule has 1 aliphatic heterocycles. The van der Waals surface area contributed by atoms with Crippen LogP contribution < -0.4 is 9.64 Å². The van der Waals surface area contributed by atoms with Crippen molar-refractivity contribution in [1.29, 1.82) is 10.5 Å². The summed E-state index contributed by atoms with van der Waals surface area (Å²) in [5.41, 5.74) is 0.573. The maximum Gasteiger partial charge on any atom is 0.225 e. The lowest BCUT2D eigenvalue weighted by Gasteiger charge is -2.63. The molecule has 1 N–H and O–H groups in total. The average molecular weight is 502 g/mol. The Morgan fingerprint density at radius 3 is 2.27 bits per heavy atom. The van der Waals surface area contributed by atoms with Gasteiger partial charge in [0, 0.05) is 49.3 Å². The lowest BCUT2D eigenvalue weighted by atomic mass is 9.44. The van der Waals surface area contributed by atoms with Gasteiger partial charge >= 0.3 is 0 Å². The number of benzene rings is 1. The van der Waals surface area contributed by atoms with E-state index in [9.17, 15) is 15.3 Å². The van der Waals surface area contributed by atoms with Crippen LogP contribution in [-0.4, -0.2) is 46.7 Å². The van der Waals surface area contributed by atoms with Crippen molar-refractivity contribution in [3.05, 3.63) is 47.3 Å². The molecule has 0 amide bonds. The molecule has 2 fully saturated rings. The highest BCUT2D eigenvalue weighted by molar-refractivity contribution is 5.96. The van der Waals surface area contributed by atoms with E-state index >= 15 is 0 Å². The quantitative estimate of drug-likeness (QED) is 0.524. The van der Waals surface area contributed by atoms with Crippen LogP contribution in [0, 0.1) is 45.3 Å². The summed E-state index contributed by atoms with van der Waals surface area (Å²) >= 11 is 0. The van der Waals surface area contributed by atoms with Gasteiger partial charge in [0.05, 0.1) is 16.7 Å². The monoisotopic (exact) mass is 501 g/mol. The fraction of sp³-hybridized carbons (Fsp3) is 0.552. The van der Waals surface area contributed by atoms with Gasteiger partial charge in [0.2, 0.25) is 5.95 Å². The van der Waals surface area contributed by atoms with Gasteiger partial charge in [-0.05, 0) is 49.3 Å². The molecule has 2 aromatic rings. The van der Waals surface area contributed by atoms with Gasteiger partial charge in [-0.25, -0.2) is 9.97 Å². The van der Waals surface area contributed by atoms with Crippen LogP contribution in [0.1, 0.15) is 74.9 Å². The van der Waals surface area contributed by atoms with Gasteiger partial charge in [0.15, 0.2) is 5.78 Å². The summed E-state index contributed by atoms with van der Waals surface area (Å²) in [6.45, 7) is 10.4. The first-order valence-corrected chi connectivity index (χ1v) is 12.9. The van der Waals surface area contributed by atoms with Crippen LogP contribution in [0.2, 0.25) is 0 Å². The lowest BCUT2D eigenvalue weighted by Crippen LogP contribution is -2.66. The zero-order valence-electron chi connectivity index (χ0n) is 22.1. The van der Waals surface area contributed by atoms with Crippen LogP contribution in [-0.2, 0) is 0 Å². The number of ketones is 1. The number of carbonyl (C=O) groups is 1. The van der Waals surface area contributed by atoms with Gasteiger partial charge in [0.25, 0.3) is 0 Å². The Kier molecular flexibility index (Phi) is 7.52. The molecule has 1 saturated heterocycles. The van der Waals surface area contributed by atoms with E-state index in [2.05, 4.69) is 48.6 Å². The number of ether oxygens (including phenoxy) is 1. The van der Waals surface area contributed by atoms with Gasteiger partial charge in [-0.15, -0.1) is 0 Å². The number of nitrogens with zero attached hydrogens (tertiary/aromatic N) is 5. The van der Waals surface area contributed by atoms with Crippen molar-refractivity contribution in [3.63, 3.8) is 0 Å². The minimum Gasteiger partial charge on any atom is -0.489 e. The second-order valence-corrected chi connectivity index (χ2v) is 11.5. The van der Waals surface area contributed by atoms with E-state index in [1.165, 1.54) is 0 Å². The van der Waals surface area contributed by atoms with Crippen molar-refractivity contribution in [2.75, 3.05) is 24.6 Å². The molecule has 194 valence electrons. The molecule has 1 aromatic heterocycles. The predicted octanol–water partition coefficient (Wildman–Crippen LogP) is 4.52. The third kappa shape index (κ3) is 5.17. The summed E-state index contributed by atoms with van der Waals surface area (Å²) in [5.74, 6) is 1.85. The highest BCUT2D eigenvalue weighted by atomic mass is 16.5. The number of nitriles is 2. The number of anilines is 1. The molecular formula is C29H35N5O3. The fourth-order valence-electron chi connectivity index (χ4n) is 6.48. The van der Waals surface area contributed by atoms with Crippen molar-refractivity contribution < 1.29 is 14.6 Å². The normalized spacial score (nSPS) is 22.4.